The Labute approximate surface area is 178 Å². The van der Waals surface area contributed by atoms with Gasteiger partial charge >= 0.3 is 5.97 Å². The van der Waals surface area contributed by atoms with Crippen LogP contribution in [0.15, 0.2) is 71.1 Å². The number of ether oxygens (including phenoxy) is 2. The number of para-hydroxylation sites is 1. The molecule has 1 fully saturated rings. The minimum absolute atomic E-state index is 0.366. The average molecular weight is 415 g/mol. The summed E-state index contributed by atoms with van der Waals surface area (Å²) in [5.74, 6) is -0.304. The van der Waals surface area contributed by atoms with Gasteiger partial charge in [0.15, 0.2) is 6.61 Å². The lowest BCUT2D eigenvalue weighted by molar-refractivity contribution is -0.150. The van der Waals surface area contributed by atoms with Crippen LogP contribution in [-0.2, 0) is 19.7 Å². The first-order valence-corrected chi connectivity index (χ1v) is 10.1. The van der Waals surface area contributed by atoms with Crippen LogP contribution in [0.25, 0.3) is 21.9 Å². The third kappa shape index (κ3) is 3.40. The van der Waals surface area contributed by atoms with Crippen molar-refractivity contribution in [2.24, 2.45) is 0 Å². The zero-order valence-corrected chi connectivity index (χ0v) is 17.0. The number of methoxy groups -OCH3 is 1. The molecule has 1 N–H and O–H groups in total. The Morgan fingerprint density at radius 2 is 1.71 bits per heavy atom. The quantitative estimate of drug-likeness (QED) is 0.458. The Balaban J connectivity index is 1.31. The van der Waals surface area contributed by atoms with E-state index in [0.717, 1.165) is 34.8 Å². The lowest BCUT2D eigenvalue weighted by Crippen LogP contribution is -2.28. The summed E-state index contributed by atoms with van der Waals surface area (Å²) in [5.41, 5.74) is 2.16. The van der Waals surface area contributed by atoms with Gasteiger partial charge in [-0.1, -0.05) is 48.5 Å². The smallest absolute Gasteiger partial charge is 0.317 e. The van der Waals surface area contributed by atoms with Gasteiger partial charge in [0.25, 0.3) is 5.91 Å². The van der Waals surface area contributed by atoms with E-state index >= 15 is 0 Å². The number of carbonyl (C=O) groups is 2. The molecule has 0 unspecified atom stereocenters. The van der Waals surface area contributed by atoms with Crippen molar-refractivity contribution in [1.82, 2.24) is 0 Å². The highest BCUT2D eigenvalue weighted by molar-refractivity contribution is 6.08. The summed E-state index contributed by atoms with van der Waals surface area (Å²) >= 11 is 0. The predicted molar refractivity (Wildman–Crippen MR) is 117 cm³/mol. The number of rotatable bonds is 6. The van der Waals surface area contributed by atoms with Crippen LogP contribution in [0, 0.1) is 0 Å². The molecule has 156 valence electrons. The molecule has 5 rings (SSSR count). The molecule has 0 aliphatic heterocycles. The molecule has 3 aromatic carbocycles. The molecule has 31 heavy (non-hydrogen) atoms. The second-order valence-electron chi connectivity index (χ2n) is 7.72. The third-order valence-electron chi connectivity index (χ3n) is 5.77. The third-order valence-corrected chi connectivity index (χ3v) is 5.77. The normalized spacial score (nSPS) is 14.4. The van der Waals surface area contributed by atoms with Crippen LogP contribution in [-0.4, -0.2) is 25.6 Å². The van der Waals surface area contributed by atoms with E-state index < -0.39 is 11.3 Å². The van der Waals surface area contributed by atoms with Crippen LogP contribution in [0.1, 0.15) is 18.4 Å². The molecule has 1 aromatic heterocycles. The fourth-order valence-corrected chi connectivity index (χ4v) is 3.97. The number of amides is 1. The zero-order chi connectivity index (χ0) is 21.4. The van der Waals surface area contributed by atoms with Crippen LogP contribution in [0.4, 0.5) is 5.69 Å². The highest BCUT2D eigenvalue weighted by Crippen LogP contribution is 2.49. The summed E-state index contributed by atoms with van der Waals surface area (Å²) in [4.78, 5) is 25.1. The SMILES string of the molecule is COc1cc2c(cc1NC(=O)COC(=O)C1(c3ccccc3)CC1)oc1ccccc12. The Morgan fingerprint density at radius 3 is 2.45 bits per heavy atom. The van der Waals surface area contributed by atoms with Crippen LogP contribution in [0.3, 0.4) is 0 Å². The van der Waals surface area contributed by atoms with E-state index in [1.807, 2.05) is 60.7 Å². The molecule has 4 aromatic rings. The molecule has 6 nitrogen and oxygen atoms in total. The zero-order valence-electron chi connectivity index (χ0n) is 17.0. The van der Waals surface area contributed by atoms with Crippen molar-refractivity contribution in [2.75, 3.05) is 19.0 Å². The van der Waals surface area contributed by atoms with E-state index in [0.29, 0.717) is 17.0 Å². The molecule has 0 atom stereocenters. The summed E-state index contributed by atoms with van der Waals surface area (Å²) in [6, 6.07) is 20.8. The van der Waals surface area contributed by atoms with Gasteiger partial charge in [0.1, 0.15) is 16.9 Å². The number of furan rings is 1. The van der Waals surface area contributed by atoms with E-state index in [2.05, 4.69) is 5.32 Å². The maximum Gasteiger partial charge on any atom is 0.317 e. The van der Waals surface area contributed by atoms with Crippen molar-refractivity contribution < 1.29 is 23.5 Å². The van der Waals surface area contributed by atoms with Gasteiger partial charge in [-0.15, -0.1) is 0 Å². The van der Waals surface area contributed by atoms with Crippen LogP contribution >= 0.6 is 0 Å². The molecule has 0 bridgehead atoms. The van der Waals surface area contributed by atoms with E-state index in [4.69, 9.17) is 13.9 Å². The average Bonchev–Trinajstić information content (AvgIpc) is 3.54. The fourth-order valence-electron chi connectivity index (χ4n) is 3.97. The molecule has 1 saturated carbocycles. The monoisotopic (exact) mass is 415 g/mol. The van der Waals surface area contributed by atoms with Gasteiger partial charge in [-0.05, 0) is 30.5 Å². The summed E-state index contributed by atoms with van der Waals surface area (Å²) in [5, 5.41) is 4.63. The van der Waals surface area contributed by atoms with E-state index in [1.54, 1.807) is 6.07 Å². The van der Waals surface area contributed by atoms with Gasteiger partial charge in [-0.3, -0.25) is 9.59 Å². The number of hydrogen-bond donors (Lipinski definition) is 1. The van der Waals surface area contributed by atoms with Crippen molar-refractivity contribution in [3.8, 4) is 5.75 Å². The Bertz CT molecular complexity index is 1290. The van der Waals surface area contributed by atoms with E-state index in [9.17, 15) is 9.59 Å². The molecule has 6 heteroatoms. The first-order valence-electron chi connectivity index (χ1n) is 10.1. The number of carbonyl (C=O) groups excluding carboxylic acids is 2. The predicted octanol–water partition coefficient (Wildman–Crippen LogP) is 4.81. The maximum atomic E-state index is 12.6. The highest BCUT2D eigenvalue weighted by atomic mass is 16.5. The number of benzene rings is 3. The van der Waals surface area contributed by atoms with E-state index in [1.165, 1.54) is 7.11 Å². The van der Waals surface area contributed by atoms with Gasteiger partial charge in [0.2, 0.25) is 0 Å². The topological polar surface area (TPSA) is 77.8 Å². The van der Waals surface area contributed by atoms with Gasteiger partial charge in [-0.25, -0.2) is 0 Å². The van der Waals surface area contributed by atoms with Gasteiger partial charge in [0.05, 0.1) is 18.2 Å². The van der Waals surface area contributed by atoms with Crippen molar-refractivity contribution in [2.45, 2.75) is 18.3 Å². The van der Waals surface area contributed by atoms with Gasteiger partial charge in [0, 0.05) is 16.8 Å². The molecular formula is C25H21NO5. The Hall–Kier alpha value is -3.80. The molecular weight excluding hydrogens is 394 g/mol. The molecule has 1 heterocycles. The lowest BCUT2D eigenvalue weighted by Gasteiger charge is -2.15. The number of nitrogens with one attached hydrogen (secondary N) is 1. The standard InChI is InChI=1S/C25H21NO5/c1-29-22-13-18-17-9-5-6-10-20(17)31-21(18)14-19(22)26-23(27)15-30-24(28)25(11-12-25)16-7-3-2-4-8-16/h2-10,13-14H,11-12,15H2,1H3,(H,26,27). The second kappa shape index (κ2) is 7.47. The summed E-state index contributed by atoms with van der Waals surface area (Å²) < 4.78 is 16.7. The molecule has 1 aliphatic carbocycles. The molecule has 0 spiro atoms. The lowest BCUT2D eigenvalue weighted by atomic mass is 9.96. The molecule has 0 radical (unpaired) electrons. The summed E-state index contributed by atoms with van der Waals surface area (Å²) in [6.45, 7) is -0.366. The van der Waals surface area contributed by atoms with Gasteiger partial charge < -0.3 is 19.2 Å². The van der Waals surface area contributed by atoms with Crippen molar-refractivity contribution in [3.05, 3.63) is 72.3 Å². The van der Waals surface area contributed by atoms with E-state index in [-0.39, 0.29) is 12.6 Å². The van der Waals surface area contributed by atoms with Crippen molar-refractivity contribution in [3.63, 3.8) is 0 Å². The molecule has 1 amide bonds. The molecule has 1 aliphatic rings. The summed E-state index contributed by atoms with van der Waals surface area (Å²) in [6.07, 6.45) is 1.46. The highest BCUT2D eigenvalue weighted by Gasteiger charge is 2.52. The van der Waals surface area contributed by atoms with Crippen LogP contribution < -0.4 is 10.1 Å². The van der Waals surface area contributed by atoms with Crippen molar-refractivity contribution >= 4 is 39.5 Å². The number of anilines is 1. The first kappa shape index (κ1) is 19.2. The number of fused-ring (bicyclic) bond motifs is 3. The molecule has 0 saturated heterocycles. The minimum atomic E-state index is -0.619. The van der Waals surface area contributed by atoms with Crippen molar-refractivity contribution in [1.29, 1.82) is 0 Å². The minimum Gasteiger partial charge on any atom is -0.495 e. The Morgan fingerprint density at radius 1 is 0.968 bits per heavy atom. The largest absolute Gasteiger partial charge is 0.495 e. The van der Waals surface area contributed by atoms with Crippen LogP contribution in [0.5, 0.6) is 5.75 Å². The number of hydrogen-bond acceptors (Lipinski definition) is 5. The first-order chi connectivity index (χ1) is 15.1. The number of esters is 1. The second-order valence-corrected chi connectivity index (χ2v) is 7.72. The maximum absolute atomic E-state index is 12.6. The fraction of sp³-hybridized carbons (Fsp3) is 0.200. The summed E-state index contributed by atoms with van der Waals surface area (Å²) in [7, 11) is 1.54. The van der Waals surface area contributed by atoms with Gasteiger partial charge in [-0.2, -0.15) is 0 Å². The van der Waals surface area contributed by atoms with Crippen LogP contribution in [0.2, 0.25) is 0 Å². The Kier molecular flexibility index (Phi) is 4.62.